The fraction of sp³-hybridized carbons (Fsp3) is 0.667. The van der Waals surface area contributed by atoms with Crippen molar-refractivity contribution < 1.29 is 15.3 Å². The summed E-state index contributed by atoms with van der Waals surface area (Å²) < 4.78 is 0. The normalized spacial score (nSPS) is 24.1. The zero-order valence-corrected chi connectivity index (χ0v) is 10.5. The van der Waals surface area contributed by atoms with Crippen LogP contribution in [0.2, 0.25) is 0 Å². The van der Waals surface area contributed by atoms with Crippen molar-refractivity contribution in [3.8, 4) is 0 Å². The van der Waals surface area contributed by atoms with Crippen molar-refractivity contribution in [1.29, 1.82) is 0 Å². The minimum absolute atomic E-state index is 0.0769. The Kier molecular flexibility index (Phi) is 5.77. The maximum Gasteiger partial charge on any atom is 0.151 e. The third-order valence-electron chi connectivity index (χ3n) is 3.04. The first-order chi connectivity index (χ1) is 8.47. The molecule has 0 aliphatic heterocycles. The fourth-order valence-electron chi connectivity index (χ4n) is 1.98. The van der Waals surface area contributed by atoms with Crippen LogP contribution in [0, 0.1) is 0 Å². The third-order valence-corrected chi connectivity index (χ3v) is 3.04. The van der Waals surface area contributed by atoms with E-state index in [0.717, 1.165) is 5.57 Å². The van der Waals surface area contributed by atoms with Crippen molar-refractivity contribution >= 4 is 0 Å². The Bertz CT molecular complexity index is 329. The predicted octanol–water partition coefficient (Wildman–Crippen LogP) is -1.47. The maximum absolute atomic E-state index is 8.89. The average molecular weight is 257 g/mol. The van der Waals surface area contributed by atoms with Gasteiger partial charge in [-0.1, -0.05) is 6.08 Å². The summed E-state index contributed by atoms with van der Waals surface area (Å²) in [6.07, 6.45) is 3.55. The number of hydrogen-bond acceptors (Lipinski definition) is 6. The Balaban J connectivity index is 2.55. The van der Waals surface area contributed by atoms with E-state index in [0.29, 0.717) is 31.6 Å². The summed E-state index contributed by atoms with van der Waals surface area (Å²) in [5.41, 5.74) is 13.2. The highest BCUT2D eigenvalue weighted by atomic mass is 16.5. The van der Waals surface area contributed by atoms with E-state index in [-0.39, 0.29) is 13.0 Å². The van der Waals surface area contributed by atoms with Crippen molar-refractivity contribution in [2.24, 2.45) is 11.5 Å². The number of allylic oxidation sites excluding steroid dienone is 1. The standard InChI is InChI=1S/C12H23N3O3/c13-10-1-3-12(14,4-2-11(17)18)7-9(10)8-15-5-6-16/h1,3,11,15-18H,2,4-8,13-14H2. The van der Waals surface area contributed by atoms with Gasteiger partial charge in [-0.05, 0) is 30.9 Å². The van der Waals surface area contributed by atoms with Crippen LogP contribution < -0.4 is 16.8 Å². The molecule has 1 atom stereocenters. The first-order valence-electron chi connectivity index (χ1n) is 6.10. The van der Waals surface area contributed by atoms with Crippen molar-refractivity contribution in [3.63, 3.8) is 0 Å². The topological polar surface area (TPSA) is 125 Å². The van der Waals surface area contributed by atoms with E-state index >= 15 is 0 Å². The molecule has 6 heteroatoms. The molecule has 0 fully saturated rings. The minimum Gasteiger partial charge on any atom is -0.399 e. The van der Waals surface area contributed by atoms with E-state index in [4.69, 9.17) is 26.8 Å². The molecule has 0 radical (unpaired) electrons. The number of nitrogens with two attached hydrogens (primary N) is 2. The van der Waals surface area contributed by atoms with Crippen molar-refractivity contribution in [2.75, 3.05) is 19.7 Å². The van der Waals surface area contributed by atoms with E-state index in [1.807, 2.05) is 6.08 Å². The Hall–Kier alpha value is -0.920. The second-order valence-electron chi connectivity index (χ2n) is 4.72. The zero-order valence-electron chi connectivity index (χ0n) is 10.5. The second-order valence-corrected chi connectivity index (χ2v) is 4.72. The molecule has 0 aromatic heterocycles. The van der Waals surface area contributed by atoms with E-state index < -0.39 is 11.8 Å². The molecule has 0 saturated heterocycles. The highest BCUT2D eigenvalue weighted by Crippen LogP contribution is 2.27. The van der Waals surface area contributed by atoms with Gasteiger partial charge in [-0.2, -0.15) is 0 Å². The molecule has 0 aromatic carbocycles. The van der Waals surface area contributed by atoms with E-state index in [1.165, 1.54) is 0 Å². The lowest BCUT2D eigenvalue weighted by Crippen LogP contribution is -2.42. The largest absolute Gasteiger partial charge is 0.399 e. The smallest absolute Gasteiger partial charge is 0.151 e. The second kappa shape index (κ2) is 6.86. The summed E-state index contributed by atoms with van der Waals surface area (Å²) in [5.74, 6) is 0. The Morgan fingerprint density at radius 1 is 1.44 bits per heavy atom. The van der Waals surface area contributed by atoms with Crippen LogP contribution in [0.15, 0.2) is 23.4 Å². The molecule has 6 nitrogen and oxygen atoms in total. The van der Waals surface area contributed by atoms with Gasteiger partial charge in [0.05, 0.1) is 6.61 Å². The van der Waals surface area contributed by atoms with Gasteiger partial charge in [-0.15, -0.1) is 0 Å². The van der Waals surface area contributed by atoms with Gasteiger partial charge in [0.15, 0.2) is 6.29 Å². The van der Waals surface area contributed by atoms with Crippen LogP contribution in [0.25, 0.3) is 0 Å². The molecular weight excluding hydrogens is 234 g/mol. The quantitative estimate of drug-likeness (QED) is 0.244. The summed E-state index contributed by atoms with van der Waals surface area (Å²) >= 11 is 0. The molecule has 0 aromatic rings. The van der Waals surface area contributed by atoms with Crippen LogP contribution in [-0.2, 0) is 0 Å². The number of rotatable bonds is 7. The molecule has 0 spiro atoms. The Labute approximate surface area is 107 Å². The average Bonchev–Trinajstić information content (AvgIpc) is 2.32. The molecule has 0 saturated carbocycles. The molecule has 104 valence electrons. The van der Waals surface area contributed by atoms with Gasteiger partial charge in [0.2, 0.25) is 0 Å². The van der Waals surface area contributed by atoms with Gasteiger partial charge >= 0.3 is 0 Å². The highest BCUT2D eigenvalue weighted by molar-refractivity contribution is 5.34. The van der Waals surface area contributed by atoms with Crippen molar-refractivity contribution in [2.45, 2.75) is 31.1 Å². The first kappa shape index (κ1) is 15.1. The number of hydrogen-bond donors (Lipinski definition) is 6. The lowest BCUT2D eigenvalue weighted by molar-refractivity contribution is -0.0488. The van der Waals surface area contributed by atoms with Crippen LogP contribution in [0.5, 0.6) is 0 Å². The molecular formula is C12H23N3O3. The molecule has 0 amide bonds. The van der Waals surface area contributed by atoms with Crippen LogP contribution in [0.4, 0.5) is 0 Å². The molecule has 0 heterocycles. The summed E-state index contributed by atoms with van der Waals surface area (Å²) in [6, 6.07) is 0. The highest BCUT2D eigenvalue weighted by Gasteiger charge is 2.27. The monoisotopic (exact) mass is 257 g/mol. The van der Waals surface area contributed by atoms with Gasteiger partial charge in [0.25, 0.3) is 0 Å². The summed E-state index contributed by atoms with van der Waals surface area (Å²) in [6.45, 7) is 1.16. The van der Waals surface area contributed by atoms with Gasteiger partial charge < -0.3 is 32.1 Å². The number of aliphatic hydroxyl groups excluding tert-OH is 2. The SMILES string of the molecule is NC1=C(CNCCO)CC(N)(CCC(O)O)C=C1. The Morgan fingerprint density at radius 3 is 2.78 bits per heavy atom. The van der Waals surface area contributed by atoms with Gasteiger partial charge in [0.1, 0.15) is 0 Å². The molecule has 18 heavy (non-hydrogen) atoms. The molecule has 1 unspecified atom stereocenters. The van der Waals surface area contributed by atoms with Crippen molar-refractivity contribution in [3.05, 3.63) is 23.4 Å². The van der Waals surface area contributed by atoms with Crippen molar-refractivity contribution in [1.82, 2.24) is 5.32 Å². The van der Waals surface area contributed by atoms with Crippen LogP contribution in [0.3, 0.4) is 0 Å². The third kappa shape index (κ3) is 4.75. The predicted molar refractivity (Wildman–Crippen MR) is 69.3 cm³/mol. The lowest BCUT2D eigenvalue weighted by atomic mass is 9.82. The molecule has 1 aliphatic carbocycles. The van der Waals surface area contributed by atoms with Crippen LogP contribution in [0.1, 0.15) is 19.3 Å². The Morgan fingerprint density at radius 2 is 2.17 bits per heavy atom. The number of nitrogens with one attached hydrogen (secondary N) is 1. The summed E-state index contributed by atoms with van der Waals surface area (Å²) in [4.78, 5) is 0. The van der Waals surface area contributed by atoms with Gasteiger partial charge in [-0.3, -0.25) is 0 Å². The van der Waals surface area contributed by atoms with Crippen LogP contribution in [-0.4, -0.2) is 46.8 Å². The number of aliphatic hydroxyl groups is 3. The molecule has 1 aliphatic rings. The summed E-state index contributed by atoms with van der Waals surface area (Å²) in [5, 5.41) is 29.5. The molecule has 1 rings (SSSR count). The summed E-state index contributed by atoms with van der Waals surface area (Å²) in [7, 11) is 0. The first-order valence-corrected chi connectivity index (χ1v) is 6.10. The van der Waals surface area contributed by atoms with Gasteiger partial charge in [0, 0.05) is 24.3 Å². The van der Waals surface area contributed by atoms with E-state index in [9.17, 15) is 0 Å². The molecule has 8 N–H and O–H groups in total. The van der Waals surface area contributed by atoms with Crippen LogP contribution >= 0.6 is 0 Å². The lowest BCUT2D eigenvalue weighted by Gasteiger charge is -2.31. The molecule has 0 bridgehead atoms. The minimum atomic E-state index is -1.34. The maximum atomic E-state index is 8.89. The fourth-order valence-corrected chi connectivity index (χ4v) is 1.98. The van der Waals surface area contributed by atoms with E-state index in [2.05, 4.69) is 5.32 Å². The van der Waals surface area contributed by atoms with Gasteiger partial charge in [-0.25, -0.2) is 0 Å². The van der Waals surface area contributed by atoms with E-state index in [1.54, 1.807) is 6.08 Å². The zero-order chi connectivity index (χ0) is 13.6.